The van der Waals surface area contributed by atoms with Crippen LogP contribution in [0.25, 0.3) is 11.0 Å². The molecule has 0 spiro atoms. The minimum atomic E-state index is -0.615. The molecule has 128 valence electrons. The third-order valence-corrected chi connectivity index (χ3v) is 4.70. The largest absolute Gasteiger partial charge is 0.439 e. The number of hydrogen-bond donors (Lipinski definition) is 1. The van der Waals surface area contributed by atoms with E-state index in [1.807, 2.05) is 30.3 Å². The second-order valence-corrected chi connectivity index (χ2v) is 6.15. The van der Waals surface area contributed by atoms with E-state index in [0.29, 0.717) is 22.3 Å². The first-order valence-electron chi connectivity index (χ1n) is 8.36. The number of nitrogens with zero attached hydrogens (tertiary/aromatic N) is 1. The van der Waals surface area contributed by atoms with Crippen LogP contribution in [0.5, 0.6) is 5.75 Å². The molecule has 5 nitrogen and oxygen atoms in total. The van der Waals surface area contributed by atoms with Crippen molar-refractivity contribution >= 4 is 11.0 Å². The van der Waals surface area contributed by atoms with Gasteiger partial charge >= 0.3 is 5.63 Å². The van der Waals surface area contributed by atoms with Crippen LogP contribution in [-0.2, 0) is 6.42 Å². The highest BCUT2D eigenvalue weighted by Crippen LogP contribution is 2.43. The second-order valence-electron chi connectivity index (χ2n) is 6.15. The Morgan fingerprint density at radius 1 is 1.15 bits per heavy atom. The molecule has 3 aromatic rings. The Morgan fingerprint density at radius 2 is 1.88 bits per heavy atom. The molecule has 0 saturated heterocycles. The summed E-state index contributed by atoms with van der Waals surface area (Å²) in [6.07, 6.45) is 0.903. The van der Waals surface area contributed by atoms with Crippen molar-refractivity contribution in [3.63, 3.8) is 0 Å². The molecule has 1 aliphatic heterocycles. The first kappa shape index (κ1) is 16.0. The number of ether oxygens (including phenoxy) is 1. The predicted octanol–water partition coefficient (Wildman–Crippen LogP) is 3.57. The van der Waals surface area contributed by atoms with Gasteiger partial charge in [-0.15, -0.1) is 0 Å². The molecular weight excluding hydrogens is 328 g/mol. The number of aryl methyl sites for hydroxylation is 1. The van der Waals surface area contributed by atoms with Crippen molar-refractivity contribution in [1.29, 1.82) is 5.26 Å². The van der Waals surface area contributed by atoms with Crippen LogP contribution in [0.4, 0.5) is 0 Å². The average molecular weight is 344 g/mol. The van der Waals surface area contributed by atoms with Gasteiger partial charge < -0.3 is 14.9 Å². The van der Waals surface area contributed by atoms with E-state index < -0.39 is 11.5 Å². The topological polar surface area (TPSA) is 89.3 Å². The van der Waals surface area contributed by atoms with Crippen LogP contribution >= 0.6 is 0 Å². The average Bonchev–Trinajstić information content (AvgIpc) is 2.67. The van der Waals surface area contributed by atoms with Gasteiger partial charge in [0.1, 0.15) is 17.2 Å². The van der Waals surface area contributed by atoms with Gasteiger partial charge in [0.25, 0.3) is 0 Å². The van der Waals surface area contributed by atoms with Crippen molar-refractivity contribution in [3.05, 3.63) is 87.1 Å². The normalized spacial score (nSPS) is 16.1. The Morgan fingerprint density at radius 3 is 2.58 bits per heavy atom. The molecule has 5 heteroatoms. The number of allylic oxidation sites excluding steroid dienone is 1. The maximum atomic E-state index is 12.7. The van der Waals surface area contributed by atoms with Crippen molar-refractivity contribution in [2.45, 2.75) is 19.3 Å². The molecule has 2 heterocycles. The monoisotopic (exact) mass is 344 g/mol. The van der Waals surface area contributed by atoms with Gasteiger partial charge in [-0.1, -0.05) is 43.3 Å². The molecule has 1 aliphatic rings. The zero-order valence-corrected chi connectivity index (χ0v) is 14.2. The van der Waals surface area contributed by atoms with Gasteiger partial charge in [-0.25, -0.2) is 4.79 Å². The van der Waals surface area contributed by atoms with Crippen LogP contribution in [0.15, 0.2) is 69.2 Å². The third kappa shape index (κ3) is 2.35. The summed E-state index contributed by atoms with van der Waals surface area (Å²) in [4.78, 5) is 12.7. The predicted molar refractivity (Wildman–Crippen MR) is 97.6 cm³/mol. The van der Waals surface area contributed by atoms with E-state index in [9.17, 15) is 10.1 Å². The number of para-hydroxylation sites is 1. The lowest BCUT2D eigenvalue weighted by atomic mass is 9.83. The summed E-state index contributed by atoms with van der Waals surface area (Å²) in [5.41, 5.74) is 8.41. The molecule has 0 aliphatic carbocycles. The second kappa shape index (κ2) is 6.08. The molecule has 2 N–H and O–H groups in total. The molecule has 0 bridgehead atoms. The van der Waals surface area contributed by atoms with E-state index in [1.165, 1.54) is 5.56 Å². The smallest absolute Gasteiger partial charge is 0.344 e. The van der Waals surface area contributed by atoms with Gasteiger partial charge in [0, 0.05) is 0 Å². The van der Waals surface area contributed by atoms with Crippen molar-refractivity contribution in [2.75, 3.05) is 0 Å². The van der Waals surface area contributed by atoms with E-state index in [-0.39, 0.29) is 11.5 Å². The summed E-state index contributed by atoms with van der Waals surface area (Å²) < 4.78 is 11.2. The Hall–Kier alpha value is -3.52. The molecule has 26 heavy (non-hydrogen) atoms. The molecule has 0 amide bonds. The summed E-state index contributed by atoms with van der Waals surface area (Å²) in [7, 11) is 0. The number of nitriles is 1. The molecule has 1 atom stereocenters. The van der Waals surface area contributed by atoms with Crippen LogP contribution in [-0.4, -0.2) is 0 Å². The van der Waals surface area contributed by atoms with Gasteiger partial charge in [-0.05, 0) is 29.7 Å². The highest BCUT2D eigenvalue weighted by Gasteiger charge is 2.35. The highest BCUT2D eigenvalue weighted by molar-refractivity contribution is 5.86. The minimum absolute atomic E-state index is 0.0142. The lowest BCUT2D eigenvalue weighted by Crippen LogP contribution is -2.26. The Kier molecular flexibility index (Phi) is 3.74. The SMILES string of the molecule is CCc1ccc([C@@H]2C(C#N)=C(N)Oc3c2c(=O)oc2ccccc32)cc1. The lowest BCUT2D eigenvalue weighted by Gasteiger charge is -2.26. The zero-order chi connectivity index (χ0) is 18.3. The van der Waals surface area contributed by atoms with E-state index in [0.717, 1.165) is 12.0 Å². The van der Waals surface area contributed by atoms with Crippen LogP contribution < -0.4 is 16.1 Å². The molecular formula is C21H16N2O3. The van der Waals surface area contributed by atoms with Crippen molar-refractivity contribution in [3.8, 4) is 11.8 Å². The van der Waals surface area contributed by atoms with Gasteiger partial charge in [0.05, 0.1) is 16.9 Å². The zero-order valence-electron chi connectivity index (χ0n) is 14.2. The van der Waals surface area contributed by atoms with Crippen LogP contribution in [0.1, 0.15) is 29.5 Å². The molecule has 2 aromatic carbocycles. The Bertz CT molecular complexity index is 1130. The fourth-order valence-electron chi connectivity index (χ4n) is 3.35. The number of hydrogen-bond acceptors (Lipinski definition) is 5. The molecule has 0 saturated carbocycles. The molecule has 4 rings (SSSR count). The van der Waals surface area contributed by atoms with Crippen LogP contribution in [0.2, 0.25) is 0 Å². The quantitative estimate of drug-likeness (QED) is 0.718. The molecule has 0 fully saturated rings. The number of benzene rings is 2. The first-order chi connectivity index (χ1) is 12.6. The fourth-order valence-corrected chi connectivity index (χ4v) is 3.35. The number of rotatable bonds is 2. The fraction of sp³-hybridized carbons (Fsp3) is 0.143. The van der Waals surface area contributed by atoms with E-state index in [1.54, 1.807) is 18.2 Å². The highest BCUT2D eigenvalue weighted by atomic mass is 16.5. The summed E-state index contributed by atoms with van der Waals surface area (Å²) in [6, 6.07) is 17.0. The van der Waals surface area contributed by atoms with E-state index in [2.05, 4.69) is 13.0 Å². The Balaban J connectivity index is 2.03. The maximum Gasteiger partial charge on any atom is 0.344 e. The molecule has 0 radical (unpaired) electrons. The van der Waals surface area contributed by atoms with Crippen molar-refractivity contribution < 1.29 is 9.15 Å². The van der Waals surface area contributed by atoms with Gasteiger partial charge in [-0.2, -0.15) is 5.26 Å². The minimum Gasteiger partial charge on any atom is -0.439 e. The summed E-state index contributed by atoms with van der Waals surface area (Å²) in [6.45, 7) is 2.07. The van der Waals surface area contributed by atoms with Crippen LogP contribution in [0.3, 0.4) is 0 Å². The van der Waals surface area contributed by atoms with Crippen molar-refractivity contribution in [1.82, 2.24) is 0 Å². The third-order valence-electron chi connectivity index (χ3n) is 4.70. The molecule has 0 unspecified atom stereocenters. The first-order valence-corrected chi connectivity index (χ1v) is 8.36. The summed E-state index contributed by atoms with van der Waals surface area (Å²) in [5, 5.41) is 10.3. The van der Waals surface area contributed by atoms with E-state index >= 15 is 0 Å². The van der Waals surface area contributed by atoms with Gasteiger partial charge in [-0.3, -0.25) is 0 Å². The van der Waals surface area contributed by atoms with Crippen LogP contribution in [0, 0.1) is 11.3 Å². The van der Waals surface area contributed by atoms with E-state index in [4.69, 9.17) is 14.9 Å². The lowest BCUT2D eigenvalue weighted by molar-refractivity contribution is 0.388. The van der Waals surface area contributed by atoms with Gasteiger partial charge in [0.15, 0.2) is 5.75 Å². The number of nitrogens with two attached hydrogens (primary N) is 1. The number of fused-ring (bicyclic) bond motifs is 3. The molecule has 1 aromatic heterocycles. The summed E-state index contributed by atoms with van der Waals surface area (Å²) >= 11 is 0. The summed E-state index contributed by atoms with van der Waals surface area (Å²) in [5.74, 6) is -0.242. The maximum absolute atomic E-state index is 12.7. The van der Waals surface area contributed by atoms with Gasteiger partial charge in [0.2, 0.25) is 5.88 Å². The standard InChI is InChI=1S/C21H16N2O3/c1-2-12-7-9-13(10-8-12)17-15(11-22)20(23)26-19-14-5-3-4-6-16(14)25-21(24)18(17)19/h3-10,17H,2,23H2,1H3/t17-/m1/s1. The van der Waals surface area contributed by atoms with Crippen molar-refractivity contribution in [2.24, 2.45) is 5.73 Å². The Labute approximate surface area is 149 Å².